The van der Waals surface area contributed by atoms with Crippen LogP contribution in [-0.2, 0) is 11.2 Å². The number of furan rings is 1. The molecule has 106 valence electrons. The molecular formula is C16H13NO3S. The number of aromatic nitrogens is 1. The van der Waals surface area contributed by atoms with E-state index in [-0.39, 0.29) is 6.42 Å². The van der Waals surface area contributed by atoms with Gasteiger partial charge in [0.05, 0.1) is 12.7 Å². The van der Waals surface area contributed by atoms with Crippen LogP contribution in [0.25, 0.3) is 22.0 Å². The van der Waals surface area contributed by atoms with Gasteiger partial charge in [0, 0.05) is 10.4 Å². The summed E-state index contributed by atoms with van der Waals surface area (Å²) in [5.41, 5.74) is 2.77. The van der Waals surface area contributed by atoms with Crippen LogP contribution in [0.5, 0.6) is 0 Å². The van der Waals surface area contributed by atoms with Crippen LogP contribution < -0.4 is 0 Å². The smallest absolute Gasteiger partial charge is 0.308 e. The third kappa shape index (κ3) is 2.87. The second-order valence-corrected chi connectivity index (χ2v) is 5.79. The zero-order chi connectivity index (χ0) is 14.8. The molecule has 0 fully saturated rings. The summed E-state index contributed by atoms with van der Waals surface area (Å²) in [7, 11) is 0. The van der Waals surface area contributed by atoms with E-state index < -0.39 is 5.97 Å². The highest BCUT2D eigenvalue weighted by molar-refractivity contribution is 7.15. The number of carboxylic acid groups (broad SMARTS) is 1. The highest BCUT2D eigenvalue weighted by Crippen LogP contribution is 2.34. The average molecular weight is 299 g/mol. The average Bonchev–Trinajstić information content (AvgIpc) is 3.08. The van der Waals surface area contributed by atoms with E-state index in [4.69, 9.17) is 9.52 Å². The van der Waals surface area contributed by atoms with Gasteiger partial charge in [-0.15, -0.1) is 11.3 Å². The van der Waals surface area contributed by atoms with Crippen LogP contribution in [0, 0.1) is 6.92 Å². The Kier molecular flexibility index (Phi) is 3.58. The molecule has 21 heavy (non-hydrogen) atoms. The van der Waals surface area contributed by atoms with Gasteiger partial charge in [-0.25, -0.2) is 4.98 Å². The first-order valence-electron chi connectivity index (χ1n) is 6.46. The molecule has 1 N–H and O–H groups in total. The number of aryl methyl sites for hydroxylation is 1. The van der Waals surface area contributed by atoms with Gasteiger partial charge in [0.2, 0.25) is 0 Å². The lowest BCUT2D eigenvalue weighted by atomic mass is 10.1. The summed E-state index contributed by atoms with van der Waals surface area (Å²) in [5, 5.41) is 9.86. The molecular weight excluding hydrogens is 286 g/mol. The van der Waals surface area contributed by atoms with Crippen molar-refractivity contribution in [3.63, 3.8) is 0 Å². The maximum atomic E-state index is 11.0. The van der Waals surface area contributed by atoms with Crippen molar-refractivity contribution in [1.29, 1.82) is 0 Å². The molecule has 3 rings (SSSR count). The van der Waals surface area contributed by atoms with Gasteiger partial charge in [0.1, 0.15) is 10.7 Å². The molecule has 1 aromatic carbocycles. The molecule has 5 heteroatoms. The number of benzene rings is 1. The first-order chi connectivity index (χ1) is 10.1. The van der Waals surface area contributed by atoms with Crippen LogP contribution in [0.15, 0.2) is 47.1 Å². The zero-order valence-corrected chi connectivity index (χ0v) is 12.2. The van der Waals surface area contributed by atoms with Crippen LogP contribution in [0.3, 0.4) is 0 Å². The Morgan fingerprint density at radius 1 is 1.29 bits per heavy atom. The Hall–Kier alpha value is -2.40. The lowest BCUT2D eigenvalue weighted by Crippen LogP contribution is -1.99. The number of hydrogen-bond donors (Lipinski definition) is 1. The Balaban J connectivity index is 2.07. The molecule has 0 atom stereocenters. The minimum absolute atomic E-state index is 0.0560. The number of hydrogen-bond acceptors (Lipinski definition) is 4. The van der Waals surface area contributed by atoms with E-state index in [0.29, 0.717) is 16.3 Å². The molecule has 0 aliphatic carbocycles. The minimum atomic E-state index is -0.873. The van der Waals surface area contributed by atoms with Crippen LogP contribution in [0.1, 0.15) is 10.4 Å². The number of thiazole rings is 1. The third-order valence-corrected chi connectivity index (χ3v) is 4.17. The molecule has 0 radical (unpaired) electrons. The zero-order valence-electron chi connectivity index (χ0n) is 11.4. The van der Waals surface area contributed by atoms with Gasteiger partial charge in [0.15, 0.2) is 5.76 Å². The van der Waals surface area contributed by atoms with Gasteiger partial charge in [-0.05, 0) is 19.1 Å². The monoisotopic (exact) mass is 299 g/mol. The van der Waals surface area contributed by atoms with Gasteiger partial charge < -0.3 is 9.52 Å². The van der Waals surface area contributed by atoms with Crippen molar-refractivity contribution < 1.29 is 14.3 Å². The third-order valence-electron chi connectivity index (χ3n) is 3.06. The molecule has 0 aliphatic rings. The molecule has 3 aromatic rings. The summed E-state index contributed by atoms with van der Waals surface area (Å²) in [6, 6.07) is 11.6. The Bertz CT molecular complexity index is 757. The fourth-order valence-corrected chi connectivity index (χ4v) is 3.10. The summed E-state index contributed by atoms with van der Waals surface area (Å²) in [4.78, 5) is 16.3. The Morgan fingerprint density at radius 3 is 2.67 bits per heavy atom. The second-order valence-electron chi connectivity index (χ2n) is 4.70. The van der Waals surface area contributed by atoms with E-state index in [9.17, 15) is 4.79 Å². The molecule has 0 bridgehead atoms. The number of aliphatic carboxylic acids is 1. The Labute approximate surface area is 125 Å². The molecule has 4 nitrogen and oxygen atoms in total. The van der Waals surface area contributed by atoms with Crippen molar-refractivity contribution in [2.45, 2.75) is 13.3 Å². The summed E-state index contributed by atoms with van der Waals surface area (Å²) in [6.07, 6.45) is 1.50. The predicted octanol–water partition coefficient (Wildman–Crippen LogP) is 4.01. The van der Waals surface area contributed by atoms with Crippen molar-refractivity contribution in [1.82, 2.24) is 4.98 Å². The standard InChI is InChI=1S/C16H13NO3S/c1-10-4-6-11(7-5-10)16-17-15(12-3-2-8-20-12)13(21-16)9-14(18)19/h2-8H,9H2,1H3,(H,18,19). The lowest BCUT2D eigenvalue weighted by molar-refractivity contribution is -0.136. The van der Waals surface area contributed by atoms with Crippen LogP contribution in [0.2, 0.25) is 0 Å². The fraction of sp³-hybridized carbons (Fsp3) is 0.125. The fourth-order valence-electron chi connectivity index (χ4n) is 2.03. The van der Waals surface area contributed by atoms with Gasteiger partial charge in [0.25, 0.3) is 0 Å². The maximum Gasteiger partial charge on any atom is 0.308 e. The molecule has 2 heterocycles. The summed E-state index contributed by atoms with van der Waals surface area (Å²) < 4.78 is 5.36. The predicted molar refractivity (Wildman–Crippen MR) is 81.3 cm³/mol. The van der Waals surface area contributed by atoms with E-state index >= 15 is 0 Å². The van der Waals surface area contributed by atoms with E-state index in [1.165, 1.54) is 16.9 Å². The highest BCUT2D eigenvalue weighted by Gasteiger charge is 2.18. The highest BCUT2D eigenvalue weighted by atomic mass is 32.1. The van der Waals surface area contributed by atoms with Crippen LogP contribution >= 0.6 is 11.3 Å². The molecule has 0 unspecified atom stereocenters. The normalized spacial score (nSPS) is 10.7. The minimum Gasteiger partial charge on any atom is -0.481 e. The van der Waals surface area contributed by atoms with Gasteiger partial charge in [-0.2, -0.15) is 0 Å². The largest absolute Gasteiger partial charge is 0.481 e. The van der Waals surface area contributed by atoms with E-state index in [1.54, 1.807) is 18.4 Å². The van der Waals surface area contributed by atoms with E-state index in [2.05, 4.69) is 4.98 Å². The molecule has 0 spiro atoms. The molecule has 0 aliphatic heterocycles. The summed E-state index contributed by atoms with van der Waals surface area (Å²) in [5.74, 6) is -0.275. The molecule has 0 amide bonds. The van der Waals surface area contributed by atoms with Crippen molar-refractivity contribution in [2.75, 3.05) is 0 Å². The second kappa shape index (κ2) is 5.54. The van der Waals surface area contributed by atoms with Crippen molar-refractivity contribution in [2.24, 2.45) is 0 Å². The maximum absolute atomic E-state index is 11.0. The molecule has 0 saturated heterocycles. The van der Waals surface area contributed by atoms with Gasteiger partial charge in [-0.3, -0.25) is 4.79 Å². The van der Waals surface area contributed by atoms with Crippen molar-refractivity contribution in [3.05, 3.63) is 53.1 Å². The Morgan fingerprint density at radius 2 is 2.05 bits per heavy atom. The quantitative estimate of drug-likeness (QED) is 0.790. The van der Waals surface area contributed by atoms with Gasteiger partial charge in [-0.1, -0.05) is 29.8 Å². The first kappa shape index (κ1) is 13.6. The van der Waals surface area contributed by atoms with E-state index in [0.717, 1.165) is 10.6 Å². The number of rotatable bonds is 4. The summed E-state index contributed by atoms with van der Waals surface area (Å²) in [6.45, 7) is 2.02. The number of carboxylic acids is 1. The SMILES string of the molecule is Cc1ccc(-c2nc(-c3ccco3)c(CC(=O)O)s2)cc1. The van der Waals surface area contributed by atoms with E-state index in [1.807, 2.05) is 31.2 Å². The summed E-state index contributed by atoms with van der Waals surface area (Å²) >= 11 is 1.39. The van der Waals surface area contributed by atoms with Crippen LogP contribution in [0.4, 0.5) is 0 Å². The number of nitrogens with zero attached hydrogens (tertiary/aromatic N) is 1. The van der Waals surface area contributed by atoms with Crippen molar-refractivity contribution >= 4 is 17.3 Å². The number of carbonyl (C=O) groups is 1. The van der Waals surface area contributed by atoms with Crippen LogP contribution in [-0.4, -0.2) is 16.1 Å². The molecule has 2 aromatic heterocycles. The molecule has 0 saturated carbocycles. The topological polar surface area (TPSA) is 63.3 Å². The lowest BCUT2D eigenvalue weighted by Gasteiger charge is -1.96. The first-order valence-corrected chi connectivity index (χ1v) is 7.27. The van der Waals surface area contributed by atoms with Gasteiger partial charge >= 0.3 is 5.97 Å². The van der Waals surface area contributed by atoms with Crippen molar-refractivity contribution in [3.8, 4) is 22.0 Å².